The first kappa shape index (κ1) is 16.9. The summed E-state index contributed by atoms with van der Waals surface area (Å²) in [7, 11) is 1.34. The number of nitrogens with one attached hydrogen (secondary N) is 2. The maximum absolute atomic E-state index is 11.9. The standard InChI is InChI=1S/C11H18ClN3O4S/c1-3-5-8-10(20(12,17)18)9(15-14-8)11(16)13-6-7-19-4-2/h3-7H2,1-2H3,(H,13,16)(H,14,15). The van der Waals surface area contributed by atoms with Crippen LogP contribution in [-0.4, -0.2) is 44.3 Å². The summed E-state index contributed by atoms with van der Waals surface area (Å²) in [6.45, 7) is 4.88. The number of aryl methyl sites for hydroxylation is 1. The Hall–Kier alpha value is -1.12. The number of halogens is 1. The third-order valence-corrected chi connectivity index (χ3v) is 3.88. The van der Waals surface area contributed by atoms with Crippen LogP contribution in [0.25, 0.3) is 0 Å². The van der Waals surface area contributed by atoms with Gasteiger partial charge in [-0.1, -0.05) is 13.3 Å². The van der Waals surface area contributed by atoms with Crippen molar-refractivity contribution in [3.05, 3.63) is 11.4 Å². The van der Waals surface area contributed by atoms with Crippen molar-refractivity contribution in [2.45, 2.75) is 31.6 Å². The molecule has 1 aromatic rings. The highest BCUT2D eigenvalue weighted by Crippen LogP contribution is 2.23. The first-order valence-corrected chi connectivity index (χ1v) is 8.60. The molecule has 9 heteroatoms. The van der Waals surface area contributed by atoms with Gasteiger partial charge >= 0.3 is 0 Å². The zero-order chi connectivity index (χ0) is 15.2. The van der Waals surface area contributed by atoms with E-state index in [0.29, 0.717) is 31.7 Å². The summed E-state index contributed by atoms with van der Waals surface area (Å²) in [5, 5.41) is 8.85. The number of aromatic nitrogens is 2. The topological polar surface area (TPSA) is 101 Å². The van der Waals surface area contributed by atoms with Crippen molar-refractivity contribution < 1.29 is 17.9 Å². The molecule has 1 heterocycles. The van der Waals surface area contributed by atoms with E-state index in [2.05, 4.69) is 15.5 Å². The molecule has 20 heavy (non-hydrogen) atoms. The van der Waals surface area contributed by atoms with Gasteiger partial charge < -0.3 is 10.1 Å². The Morgan fingerprint density at radius 2 is 2.15 bits per heavy atom. The van der Waals surface area contributed by atoms with Crippen molar-refractivity contribution in [1.29, 1.82) is 0 Å². The fourth-order valence-electron chi connectivity index (χ4n) is 1.67. The maximum atomic E-state index is 11.9. The largest absolute Gasteiger partial charge is 0.380 e. The van der Waals surface area contributed by atoms with Gasteiger partial charge in [0.05, 0.1) is 12.3 Å². The number of rotatable bonds is 8. The zero-order valence-corrected chi connectivity index (χ0v) is 13.0. The molecule has 0 aliphatic rings. The van der Waals surface area contributed by atoms with E-state index in [-0.39, 0.29) is 17.1 Å². The monoisotopic (exact) mass is 323 g/mol. The number of nitrogens with zero attached hydrogens (tertiary/aromatic N) is 1. The molecule has 1 rings (SSSR count). The molecule has 7 nitrogen and oxygen atoms in total. The van der Waals surface area contributed by atoms with Crippen LogP contribution in [0.15, 0.2) is 4.90 Å². The smallest absolute Gasteiger partial charge is 0.273 e. The van der Waals surface area contributed by atoms with Crippen molar-refractivity contribution in [1.82, 2.24) is 15.5 Å². The van der Waals surface area contributed by atoms with Crippen molar-refractivity contribution in [3.63, 3.8) is 0 Å². The SMILES string of the molecule is CCCc1[nH]nc(C(=O)NCCOCC)c1S(=O)(=O)Cl. The summed E-state index contributed by atoms with van der Waals surface area (Å²) in [5.41, 5.74) is 0.136. The highest BCUT2D eigenvalue weighted by atomic mass is 35.7. The molecule has 2 N–H and O–H groups in total. The first-order valence-electron chi connectivity index (χ1n) is 6.29. The van der Waals surface area contributed by atoms with Gasteiger partial charge in [0, 0.05) is 23.8 Å². The molecule has 0 radical (unpaired) electrons. The Balaban J connectivity index is 2.92. The second-order valence-electron chi connectivity index (χ2n) is 4.02. The van der Waals surface area contributed by atoms with Crippen LogP contribution >= 0.6 is 10.7 Å². The minimum Gasteiger partial charge on any atom is -0.380 e. The van der Waals surface area contributed by atoms with Crippen LogP contribution in [0.1, 0.15) is 36.5 Å². The third kappa shape index (κ3) is 4.46. The van der Waals surface area contributed by atoms with Crippen LogP contribution in [-0.2, 0) is 20.2 Å². The van der Waals surface area contributed by atoms with E-state index in [1.54, 1.807) is 0 Å². The highest BCUT2D eigenvalue weighted by Gasteiger charge is 2.27. The molecule has 1 amide bonds. The van der Waals surface area contributed by atoms with E-state index in [1.807, 2.05) is 13.8 Å². The van der Waals surface area contributed by atoms with Crippen molar-refractivity contribution in [3.8, 4) is 0 Å². The average Bonchev–Trinajstić information content (AvgIpc) is 2.78. The Labute approximate surface area is 122 Å². The summed E-state index contributed by atoms with van der Waals surface area (Å²) in [6, 6.07) is 0. The molecule has 0 spiro atoms. The predicted octanol–water partition coefficient (Wildman–Crippen LogP) is 1.06. The van der Waals surface area contributed by atoms with Gasteiger partial charge in [0.1, 0.15) is 4.90 Å². The fraction of sp³-hybridized carbons (Fsp3) is 0.636. The molecule has 0 aliphatic carbocycles. The Kier molecular flexibility index (Phi) is 6.44. The Bertz CT molecular complexity index is 556. The number of amides is 1. The van der Waals surface area contributed by atoms with E-state index in [9.17, 15) is 13.2 Å². The molecule has 0 unspecified atom stereocenters. The maximum Gasteiger partial charge on any atom is 0.273 e. The quantitative estimate of drug-likeness (QED) is 0.550. The first-order chi connectivity index (χ1) is 9.41. The fourth-order valence-corrected chi connectivity index (χ4v) is 2.98. The number of carbonyl (C=O) groups excluding carboxylic acids is 1. The average molecular weight is 324 g/mol. The molecule has 0 saturated carbocycles. The number of carbonyl (C=O) groups is 1. The summed E-state index contributed by atoms with van der Waals surface area (Å²) in [5.74, 6) is -0.595. The lowest BCUT2D eigenvalue weighted by Crippen LogP contribution is -2.28. The van der Waals surface area contributed by atoms with Gasteiger partial charge in [0.2, 0.25) is 0 Å². The van der Waals surface area contributed by atoms with Crippen LogP contribution in [0.3, 0.4) is 0 Å². The molecule has 0 bridgehead atoms. The van der Waals surface area contributed by atoms with Crippen molar-refractivity contribution >= 4 is 25.6 Å². The van der Waals surface area contributed by atoms with Crippen LogP contribution in [0.5, 0.6) is 0 Å². The second-order valence-corrected chi connectivity index (χ2v) is 6.52. The number of H-pyrrole nitrogens is 1. The molecule has 114 valence electrons. The summed E-state index contributed by atoms with van der Waals surface area (Å²) in [4.78, 5) is 11.7. The van der Waals surface area contributed by atoms with E-state index in [4.69, 9.17) is 15.4 Å². The molecule has 0 aromatic carbocycles. The van der Waals surface area contributed by atoms with Crippen LogP contribution in [0.4, 0.5) is 0 Å². The summed E-state index contributed by atoms with van der Waals surface area (Å²) in [6.07, 6.45) is 1.15. The van der Waals surface area contributed by atoms with Crippen LogP contribution < -0.4 is 5.32 Å². The van der Waals surface area contributed by atoms with Crippen LogP contribution in [0, 0.1) is 0 Å². The van der Waals surface area contributed by atoms with Gasteiger partial charge in [-0.3, -0.25) is 9.89 Å². The van der Waals surface area contributed by atoms with Gasteiger partial charge in [-0.25, -0.2) is 8.42 Å². The predicted molar refractivity (Wildman–Crippen MR) is 74.4 cm³/mol. The lowest BCUT2D eigenvalue weighted by Gasteiger charge is -2.04. The lowest BCUT2D eigenvalue weighted by atomic mass is 10.2. The third-order valence-electron chi connectivity index (χ3n) is 2.49. The molecule has 0 atom stereocenters. The molecule has 0 saturated heterocycles. The highest BCUT2D eigenvalue weighted by molar-refractivity contribution is 8.13. The Morgan fingerprint density at radius 1 is 1.45 bits per heavy atom. The minimum atomic E-state index is -4.04. The van der Waals surface area contributed by atoms with E-state index in [0.717, 1.165) is 0 Å². The molecular formula is C11H18ClN3O4S. The normalized spacial score (nSPS) is 11.6. The van der Waals surface area contributed by atoms with E-state index < -0.39 is 15.0 Å². The van der Waals surface area contributed by atoms with Gasteiger partial charge in [-0.15, -0.1) is 0 Å². The summed E-state index contributed by atoms with van der Waals surface area (Å²) >= 11 is 0. The lowest BCUT2D eigenvalue weighted by molar-refractivity contribution is 0.0914. The zero-order valence-electron chi connectivity index (χ0n) is 11.4. The van der Waals surface area contributed by atoms with Crippen LogP contribution in [0.2, 0.25) is 0 Å². The minimum absolute atomic E-state index is 0.208. The van der Waals surface area contributed by atoms with Gasteiger partial charge in [-0.2, -0.15) is 5.10 Å². The van der Waals surface area contributed by atoms with Crippen molar-refractivity contribution in [2.75, 3.05) is 19.8 Å². The van der Waals surface area contributed by atoms with Gasteiger partial charge in [0.25, 0.3) is 15.0 Å². The van der Waals surface area contributed by atoms with E-state index in [1.165, 1.54) is 0 Å². The second kappa shape index (κ2) is 7.61. The number of aromatic amines is 1. The number of hydrogen-bond donors (Lipinski definition) is 2. The van der Waals surface area contributed by atoms with Gasteiger partial charge in [0.15, 0.2) is 5.69 Å². The summed E-state index contributed by atoms with van der Waals surface area (Å²) < 4.78 is 28.3. The molecular weight excluding hydrogens is 306 g/mol. The molecule has 0 fully saturated rings. The van der Waals surface area contributed by atoms with Gasteiger partial charge in [-0.05, 0) is 13.3 Å². The van der Waals surface area contributed by atoms with Crippen molar-refractivity contribution in [2.24, 2.45) is 0 Å². The Morgan fingerprint density at radius 3 is 2.70 bits per heavy atom. The van der Waals surface area contributed by atoms with E-state index >= 15 is 0 Å². The molecule has 0 aliphatic heterocycles. The number of hydrogen-bond acceptors (Lipinski definition) is 5. The molecule has 1 aromatic heterocycles. The number of ether oxygens (including phenoxy) is 1.